The van der Waals surface area contributed by atoms with E-state index in [1.807, 2.05) is 31.2 Å². The third-order valence-corrected chi connectivity index (χ3v) is 3.99. The Labute approximate surface area is 113 Å². The Morgan fingerprint density at radius 3 is 2.74 bits per heavy atom. The maximum Gasteiger partial charge on any atom is 0.389 e. The van der Waals surface area contributed by atoms with Crippen molar-refractivity contribution in [2.75, 3.05) is 6.54 Å². The molecule has 0 radical (unpaired) electrons. The molecule has 0 aliphatic rings. The van der Waals surface area contributed by atoms with Crippen LogP contribution in [0.25, 0.3) is 10.2 Å². The number of hydrogen-bond acceptors (Lipinski definition) is 3. The largest absolute Gasteiger partial charge is 0.389 e. The Morgan fingerprint density at radius 2 is 2.05 bits per heavy atom. The van der Waals surface area contributed by atoms with Crippen LogP contribution in [0.5, 0.6) is 0 Å². The highest BCUT2D eigenvalue weighted by molar-refractivity contribution is 7.18. The van der Waals surface area contributed by atoms with Crippen molar-refractivity contribution in [3.05, 3.63) is 29.3 Å². The third-order valence-electron chi connectivity index (χ3n) is 2.77. The first-order valence-electron chi connectivity index (χ1n) is 6.11. The zero-order chi connectivity index (χ0) is 13.9. The lowest BCUT2D eigenvalue weighted by Gasteiger charge is -2.11. The molecule has 1 aromatic heterocycles. The second-order valence-corrected chi connectivity index (χ2v) is 5.48. The van der Waals surface area contributed by atoms with Crippen molar-refractivity contribution in [1.82, 2.24) is 10.3 Å². The van der Waals surface area contributed by atoms with E-state index in [1.54, 1.807) is 11.3 Å². The standard InChI is InChI=1S/C13H15F3N2S/c1-9(17-8-4-7-13(14,15)16)12-18-10-5-2-3-6-11(10)19-12/h2-3,5-6,9,17H,4,7-8H2,1H3. The van der Waals surface area contributed by atoms with Crippen molar-refractivity contribution in [1.29, 1.82) is 0 Å². The monoisotopic (exact) mass is 288 g/mol. The number of benzene rings is 1. The number of rotatable bonds is 5. The summed E-state index contributed by atoms with van der Waals surface area (Å²) in [5.74, 6) is 0. The minimum atomic E-state index is -4.07. The van der Waals surface area contributed by atoms with Crippen LogP contribution in [0.4, 0.5) is 13.2 Å². The molecule has 1 aromatic carbocycles. The molecule has 2 nitrogen and oxygen atoms in total. The van der Waals surface area contributed by atoms with Crippen molar-refractivity contribution in [3.63, 3.8) is 0 Å². The molecule has 6 heteroatoms. The van der Waals surface area contributed by atoms with Gasteiger partial charge in [0.25, 0.3) is 0 Å². The fourth-order valence-electron chi connectivity index (χ4n) is 1.77. The van der Waals surface area contributed by atoms with Gasteiger partial charge < -0.3 is 5.32 Å². The number of hydrogen-bond donors (Lipinski definition) is 1. The molecule has 2 aromatic rings. The fraction of sp³-hybridized carbons (Fsp3) is 0.462. The predicted molar refractivity (Wildman–Crippen MR) is 71.3 cm³/mol. The number of aromatic nitrogens is 1. The second kappa shape index (κ2) is 5.88. The number of thiazole rings is 1. The van der Waals surface area contributed by atoms with E-state index in [0.29, 0.717) is 6.54 Å². The molecule has 0 spiro atoms. The van der Waals surface area contributed by atoms with Gasteiger partial charge in [-0.25, -0.2) is 4.98 Å². The van der Waals surface area contributed by atoms with Crippen LogP contribution >= 0.6 is 11.3 Å². The van der Waals surface area contributed by atoms with Gasteiger partial charge in [0, 0.05) is 6.42 Å². The minimum Gasteiger partial charge on any atom is -0.308 e. The lowest BCUT2D eigenvalue weighted by atomic mass is 10.2. The smallest absolute Gasteiger partial charge is 0.308 e. The molecule has 0 amide bonds. The minimum absolute atomic E-state index is 0.0226. The molecule has 1 unspecified atom stereocenters. The quantitative estimate of drug-likeness (QED) is 0.830. The van der Waals surface area contributed by atoms with E-state index >= 15 is 0 Å². The Bertz CT molecular complexity index is 503. The SMILES string of the molecule is CC(NCCCC(F)(F)F)c1nc2ccccc2s1. The first-order valence-corrected chi connectivity index (χ1v) is 6.93. The number of fused-ring (bicyclic) bond motifs is 1. The van der Waals surface area contributed by atoms with Gasteiger partial charge in [-0.3, -0.25) is 0 Å². The first kappa shape index (κ1) is 14.3. The highest BCUT2D eigenvalue weighted by atomic mass is 32.1. The first-order chi connectivity index (χ1) is 8.96. The summed E-state index contributed by atoms with van der Waals surface area (Å²) in [6.45, 7) is 2.27. The summed E-state index contributed by atoms with van der Waals surface area (Å²) in [5, 5.41) is 3.99. The van der Waals surface area contributed by atoms with Crippen LogP contribution in [0, 0.1) is 0 Å². The van der Waals surface area contributed by atoms with Crippen molar-refractivity contribution in [3.8, 4) is 0 Å². The van der Waals surface area contributed by atoms with E-state index in [9.17, 15) is 13.2 Å². The number of halogens is 3. The number of para-hydroxylation sites is 1. The average Bonchev–Trinajstić information content (AvgIpc) is 2.77. The van der Waals surface area contributed by atoms with E-state index in [0.717, 1.165) is 15.2 Å². The van der Waals surface area contributed by atoms with E-state index in [-0.39, 0.29) is 12.5 Å². The van der Waals surface area contributed by atoms with E-state index in [4.69, 9.17) is 0 Å². The summed E-state index contributed by atoms with van der Waals surface area (Å²) >= 11 is 1.57. The summed E-state index contributed by atoms with van der Waals surface area (Å²) < 4.78 is 37.1. The Kier molecular flexibility index (Phi) is 4.42. The average molecular weight is 288 g/mol. The molecule has 0 aliphatic heterocycles. The molecule has 0 saturated carbocycles. The molecule has 0 aliphatic carbocycles. The molecule has 1 N–H and O–H groups in total. The fourth-order valence-corrected chi connectivity index (χ4v) is 2.76. The van der Waals surface area contributed by atoms with Crippen LogP contribution in [-0.2, 0) is 0 Å². The summed E-state index contributed by atoms with van der Waals surface area (Å²) in [6.07, 6.45) is -4.72. The molecule has 19 heavy (non-hydrogen) atoms. The molecule has 104 valence electrons. The summed E-state index contributed by atoms with van der Waals surface area (Å²) in [5.41, 5.74) is 0.937. The van der Waals surface area contributed by atoms with E-state index in [1.165, 1.54) is 0 Å². The van der Waals surface area contributed by atoms with Gasteiger partial charge in [0.05, 0.1) is 16.3 Å². The van der Waals surface area contributed by atoms with Gasteiger partial charge >= 0.3 is 6.18 Å². The Hall–Kier alpha value is -1.14. The maximum atomic E-state index is 12.0. The molecule has 0 fully saturated rings. The Morgan fingerprint density at radius 1 is 1.32 bits per heavy atom. The van der Waals surface area contributed by atoms with Crippen molar-refractivity contribution < 1.29 is 13.2 Å². The molecule has 0 bridgehead atoms. The highest BCUT2D eigenvalue weighted by Gasteiger charge is 2.26. The predicted octanol–water partition coefficient (Wildman–Crippen LogP) is 4.29. The van der Waals surface area contributed by atoms with Crippen LogP contribution in [0.2, 0.25) is 0 Å². The van der Waals surface area contributed by atoms with Crippen molar-refractivity contribution >= 4 is 21.6 Å². The number of nitrogens with zero attached hydrogens (tertiary/aromatic N) is 1. The molecule has 2 rings (SSSR count). The van der Waals surface area contributed by atoms with E-state index < -0.39 is 12.6 Å². The van der Waals surface area contributed by atoms with Gasteiger partial charge in [0.1, 0.15) is 5.01 Å². The van der Waals surface area contributed by atoms with Gasteiger partial charge in [0.2, 0.25) is 0 Å². The summed E-state index contributed by atoms with van der Waals surface area (Å²) in [6, 6.07) is 7.78. The van der Waals surface area contributed by atoms with Crippen LogP contribution in [0.15, 0.2) is 24.3 Å². The molecule has 0 saturated heterocycles. The maximum absolute atomic E-state index is 12.0. The zero-order valence-corrected chi connectivity index (χ0v) is 11.3. The zero-order valence-electron chi connectivity index (χ0n) is 10.5. The molecular weight excluding hydrogens is 273 g/mol. The van der Waals surface area contributed by atoms with Crippen LogP contribution in [0.3, 0.4) is 0 Å². The lowest BCUT2D eigenvalue weighted by molar-refractivity contribution is -0.135. The molecular formula is C13H15F3N2S. The second-order valence-electron chi connectivity index (χ2n) is 4.41. The normalized spacial score (nSPS) is 13.9. The lowest BCUT2D eigenvalue weighted by Crippen LogP contribution is -2.21. The van der Waals surface area contributed by atoms with Crippen molar-refractivity contribution in [2.24, 2.45) is 0 Å². The summed E-state index contributed by atoms with van der Waals surface area (Å²) in [4.78, 5) is 4.47. The van der Waals surface area contributed by atoms with Crippen LogP contribution in [0.1, 0.15) is 30.8 Å². The van der Waals surface area contributed by atoms with Crippen LogP contribution < -0.4 is 5.32 Å². The number of alkyl halides is 3. The summed E-state index contributed by atoms with van der Waals surface area (Å²) in [7, 11) is 0. The van der Waals surface area contributed by atoms with Gasteiger partial charge in [-0.15, -0.1) is 11.3 Å². The van der Waals surface area contributed by atoms with Gasteiger partial charge in [0.15, 0.2) is 0 Å². The van der Waals surface area contributed by atoms with E-state index in [2.05, 4.69) is 10.3 Å². The van der Waals surface area contributed by atoms with Crippen molar-refractivity contribution in [2.45, 2.75) is 32.0 Å². The Balaban J connectivity index is 1.87. The van der Waals surface area contributed by atoms with Gasteiger partial charge in [-0.1, -0.05) is 12.1 Å². The third kappa shape index (κ3) is 4.18. The van der Waals surface area contributed by atoms with Gasteiger partial charge in [-0.05, 0) is 32.0 Å². The molecule has 1 atom stereocenters. The highest BCUT2D eigenvalue weighted by Crippen LogP contribution is 2.26. The topological polar surface area (TPSA) is 24.9 Å². The van der Waals surface area contributed by atoms with Gasteiger partial charge in [-0.2, -0.15) is 13.2 Å². The number of nitrogens with one attached hydrogen (secondary N) is 1. The molecule has 1 heterocycles. The van der Waals surface area contributed by atoms with Crippen LogP contribution in [-0.4, -0.2) is 17.7 Å².